The Hall–Kier alpha value is -1.17. The Balaban J connectivity index is 2.49. The third kappa shape index (κ3) is 2.73. The van der Waals surface area contributed by atoms with Gasteiger partial charge in [0.2, 0.25) is 5.65 Å². The van der Waals surface area contributed by atoms with Gasteiger partial charge in [-0.3, -0.25) is 4.40 Å². The van der Waals surface area contributed by atoms with E-state index in [9.17, 15) is 0 Å². The normalized spacial score (nSPS) is 11.4. The second kappa shape index (κ2) is 6.32. The van der Waals surface area contributed by atoms with Crippen LogP contribution in [0.5, 0.6) is 0 Å². The van der Waals surface area contributed by atoms with Crippen molar-refractivity contribution in [2.24, 2.45) is 0 Å². The Kier molecular flexibility index (Phi) is 4.74. The van der Waals surface area contributed by atoms with Crippen LogP contribution < -0.4 is 4.90 Å². The largest absolute Gasteiger partial charge is 0.350 e. The molecule has 0 N–H and O–H groups in total. The molecule has 2 heterocycles. The van der Waals surface area contributed by atoms with E-state index in [2.05, 4.69) is 49.9 Å². The molecule has 6 heteroatoms. The van der Waals surface area contributed by atoms with Gasteiger partial charge in [0.05, 0.1) is 0 Å². The van der Waals surface area contributed by atoms with Crippen LogP contribution in [0.25, 0.3) is 5.65 Å². The van der Waals surface area contributed by atoms with Crippen LogP contribution in [-0.4, -0.2) is 37.5 Å². The van der Waals surface area contributed by atoms with Crippen LogP contribution in [0.1, 0.15) is 32.5 Å². The molecule has 0 unspecified atom stereocenters. The first-order valence-electron chi connectivity index (χ1n) is 6.71. The van der Waals surface area contributed by atoms with Gasteiger partial charge in [-0.2, -0.15) is 0 Å². The summed E-state index contributed by atoms with van der Waals surface area (Å²) in [4.78, 5) is 6.87. The molecule has 0 atom stereocenters. The number of aromatic nitrogens is 4. The Morgan fingerprint density at radius 1 is 1.32 bits per heavy atom. The second-order valence-corrected chi connectivity index (χ2v) is 5.34. The summed E-state index contributed by atoms with van der Waals surface area (Å²) >= 11 is 3.53. The second-order valence-electron chi connectivity index (χ2n) is 4.54. The first-order valence-corrected chi connectivity index (χ1v) is 7.84. The number of aryl methyl sites for hydroxylation is 1. The quantitative estimate of drug-likeness (QED) is 0.766. The van der Waals surface area contributed by atoms with E-state index in [1.807, 2.05) is 23.7 Å². The van der Waals surface area contributed by atoms with Crippen molar-refractivity contribution in [2.45, 2.75) is 39.7 Å². The highest BCUT2D eigenvalue weighted by atomic mass is 79.9. The fourth-order valence-electron chi connectivity index (χ4n) is 2.41. The number of halogens is 1. The third-order valence-electron chi connectivity index (χ3n) is 3.46. The van der Waals surface area contributed by atoms with E-state index >= 15 is 0 Å². The van der Waals surface area contributed by atoms with E-state index in [0.29, 0.717) is 6.04 Å². The lowest BCUT2D eigenvalue weighted by atomic mass is 10.1. The zero-order valence-electron chi connectivity index (χ0n) is 11.7. The zero-order chi connectivity index (χ0) is 13.8. The summed E-state index contributed by atoms with van der Waals surface area (Å²) in [6, 6.07) is 0.480. The van der Waals surface area contributed by atoms with Gasteiger partial charge < -0.3 is 4.90 Å². The van der Waals surface area contributed by atoms with Gasteiger partial charge >= 0.3 is 0 Å². The van der Waals surface area contributed by atoms with Crippen molar-refractivity contribution in [2.75, 3.05) is 16.8 Å². The first-order chi connectivity index (χ1) is 9.22. The summed E-state index contributed by atoms with van der Waals surface area (Å²) < 4.78 is 1.99. The van der Waals surface area contributed by atoms with Crippen LogP contribution in [0, 0.1) is 6.92 Å². The van der Waals surface area contributed by atoms with Crippen molar-refractivity contribution in [3.63, 3.8) is 0 Å². The van der Waals surface area contributed by atoms with E-state index < -0.39 is 0 Å². The average Bonchev–Trinajstić information content (AvgIpc) is 2.81. The molecule has 2 aromatic rings. The van der Waals surface area contributed by atoms with Crippen LogP contribution in [0.3, 0.4) is 0 Å². The zero-order valence-corrected chi connectivity index (χ0v) is 13.3. The summed E-state index contributed by atoms with van der Waals surface area (Å²) in [6.45, 7) is 7.30. The van der Waals surface area contributed by atoms with Crippen molar-refractivity contribution >= 4 is 27.4 Å². The summed E-state index contributed by atoms with van der Waals surface area (Å²) in [6.07, 6.45) is 5.92. The van der Waals surface area contributed by atoms with Gasteiger partial charge in [-0.1, -0.05) is 29.8 Å². The molecule has 0 amide bonds. The Bertz CT molecular complexity index is 535. The summed E-state index contributed by atoms with van der Waals surface area (Å²) in [7, 11) is 0. The molecule has 0 aromatic carbocycles. The van der Waals surface area contributed by atoms with Crippen molar-refractivity contribution in [1.82, 2.24) is 19.6 Å². The van der Waals surface area contributed by atoms with E-state index in [0.717, 1.165) is 42.0 Å². The number of fused-ring (bicyclic) bond motifs is 1. The molecule has 0 bridgehead atoms. The summed E-state index contributed by atoms with van der Waals surface area (Å²) in [5.74, 6) is 1.82. The van der Waals surface area contributed by atoms with Gasteiger partial charge in [0, 0.05) is 30.3 Å². The van der Waals surface area contributed by atoms with Crippen molar-refractivity contribution < 1.29 is 0 Å². The minimum atomic E-state index is 0.480. The standard InChI is InChI=1S/C13H20BrN5/c1-4-11(5-2)19(8-6-14)12-13-17-16-10(3)18(13)9-7-15-12/h7,9,11H,4-6,8H2,1-3H3. The molecule has 2 aromatic heterocycles. The molecular weight excluding hydrogens is 306 g/mol. The summed E-state index contributed by atoms with van der Waals surface area (Å²) in [5, 5.41) is 9.33. The molecular formula is C13H20BrN5. The molecule has 0 radical (unpaired) electrons. The molecule has 104 valence electrons. The fraction of sp³-hybridized carbons (Fsp3) is 0.615. The predicted octanol–water partition coefficient (Wildman–Crippen LogP) is 2.82. The highest BCUT2D eigenvalue weighted by Gasteiger charge is 2.20. The van der Waals surface area contributed by atoms with Crippen LogP contribution >= 0.6 is 15.9 Å². The molecule has 2 rings (SSSR count). The van der Waals surface area contributed by atoms with Crippen LogP contribution in [0.2, 0.25) is 0 Å². The molecule has 0 aliphatic heterocycles. The molecule has 0 fully saturated rings. The van der Waals surface area contributed by atoms with E-state index in [1.54, 1.807) is 0 Å². The average molecular weight is 326 g/mol. The molecule has 0 saturated heterocycles. The van der Waals surface area contributed by atoms with Crippen LogP contribution in [-0.2, 0) is 0 Å². The van der Waals surface area contributed by atoms with Crippen LogP contribution in [0.15, 0.2) is 12.4 Å². The Morgan fingerprint density at radius 2 is 2.05 bits per heavy atom. The SMILES string of the molecule is CCC(CC)N(CCBr)c1nccn2c(C)nnc12. The maximum absolute atomic E-state index is 4.54. The Morgan fingerprint density at radius 3 is 2.68 bits per heavy atom. The number of nitrogens with zero attached hydrogens (tertiary/aromatic N) is 5. The first kappa shape index (κ1) is 14.2. The number of anilines is 1. The number of alkyl halides is 1. The molecule has 5 nitrogen and oxygen atoms in total. The number of rotatable bonds is 6. The number of hydrogen-bond donors (Lipinski definition) is 0. The van der Waals surface area contributed by atoms with Gasteiger partial charge in [-0.15, -0.1) is 10.2 Å². The van der Waals surface area contributed by atoms with Crippen molar-refractivity contribution in [3.8, 4) is 0 Å². The van der Waals surface area contributed by atoms with Crippen molar-refractivity contribution in [3.05, 3.63) is 18.2 Å². The van der Waals surface area contributed by atoms with Gasteiger partial charge in [0.25, 0.3) is 0 Å². The van der Waals surface area contributed by atoms with E-state index in [1.165, 1.54) is 0 Å². The third-order valence-corrected chi connectivity index (χ3v) is 3.81. The maximum Gasteiger partial charge on any atom is 0.203 e. The lowest BCUT2D eigenvalue weighted by Gasteiger charge is -2.31. The topological polar surface area (TPSA) is 46.3 Å². The summed E-state index contributed by atoms with van der Waals surface area (Å²) in [5.41, 5.74) is 0.841. The molecule has 19 heavy (non-hydrogen) atoms. The number of hydrogen-bond acceptors (Lipinski definition) is 4. The molecule has 0 saturated carbocycles. The maximum atomic E-state index is 4.54. The van der Waals surface area contributed by atoms with Gasteiger partial charge in [-0.05, 0) is 19.8 Å². The smallest absolute Gasteiger partial charge is 0.203 e. The van der Waals surface area contributed by atoms with Gasteiger partial charge in [0.15, 0.2) is 5.82 Å². The highest BCUT2D eigenvalue weighted by molar-refractivity contribution is 9.09. The molecule has 0 spiro atoms. The van der Waals surface area contributed by atoms with E-state index in [4.69, 9.17) is 0 Å². The lowest BCUT2D eigenvalue weighted by molar-refractivity contribution is 0.564. The van der Waals surface area contributed by atoms with Gasteiger partial charge in [-0.25, -0.2) is 4.98 Å². The Labute approximate surface area is 122 Å². The molecule has 0 aliphatic rings. The molecule has 0 aliphatic carbocycles. The fourth-order valence-corrected chi connectivity index (χ4v) is 2.80. The highest BCUT2D eigenvalue weighted by Crippen LogP contribution is 2.22. The monoisotopic (exact) mass is 325 g/mol. The van der Waals surface area contributed by atoms with Gasteiger partial charge in [0.1, 0.15) is 5.82 Å². The van der Waals surface area contributed by atoms with Crippen molar-refractivity contribution in [1.29, 1.82) is 0 Å². The lowest BCUT2D eigenvalue weighted by Crippen LogP contribution is -2.37. The van der Waals surface area contributed by atoms with E-state index in [-0.39, 0.29) is 0 Å². The predicted molar refractivity (Wildman–Crippen MR) is 81.0 cm³/mol. The minimum absolute atomic E-state index is 0.480. The van der Waals surface area contributed by atoms with Crippen LogP contribution in [0.4, 0.5) is 5.82 Å². The minimum Gasteiger partial charge on any atom is -0.350 e.